The summed E-state index contributed by atoms with van der Waals surface area (Å²) in [6.45, 7) is 2.89. The van der Waals surface area contributed by atoms with E-state index < -0.39 is 6.10 Å². The molecule has 2 rings (SSSR count). The average molecular weight is 292 g/mol. The first-order valence-corrected chi connectivity index (χ1v) is 7.77. The Balaban J connectivity index is 1.89. The molecule has 0 amide bonds. The third-order valence-electron chi connectivity index (χ3n) is 3.54. The smallest absolute Gasteiger partial charge is 0.335 e. The van der Waals surface area contributed by atoms with Crippen molar-refractivity contribution in [1.29, 1.82) is 0 Å². The maximum Gasteiger partial charge on any atom is 0.335 e. The van der Waals surface area contributed by atoms with Crippen LogP contribution in [0.5, 0.6) is 0 Å². The van der Waals surface area contributed by atoms with Gasteiger partial charge in [0, 0.05) is 6.61 Å². The molecule has 1 saturated heterocycles. The van der Waals surface area contributed by atoms with E-state index in [1.807, 2.05) is 25.1 Å². The minimum Gasteiger partial charge on any atom is -0.464 e. The van der Waals surface area contributed by atoms with Gasteiger partial charge < -0.3 is 14.2 Å². The molecule has 116 valence electrons. The minimum atomic E-state index is -0.548. The highest BCUT2D eigenvalue weighted by molar-refractivity contribution is 5.74. The molecule has 4 heteroatoms. The molecule has 0 spiro atoms. The number of ether oxygens (including phenoxy) is 3. The molecule has 4 nitrogen and oxygen atoms in total. The second-order valence-electron chi connectivity index (χ2n) is 5.20. The number of hydrogen-bond donors (Lipinski definition) is 0. The number of carbonyl (C=O) groups is 1. The zero-order valence-corrected chi connectivity index (χ0v) is 12.6. The first kappa shape index (κ1) is 16.0. The molecule has 21 heavy (non-hydrogen) atoms. The second kappa shape index (κ2) is 8.80. The highest BCUT2D eigenvalue weighted by Crippen LogP contribution is 2.18. The predicted molar refractivity (Wildman–Crippen MR) is 79.9 cm³/mol. The molecule has 0 aliphatic carbocycles. The number of benzene rings is 1. The lowest BCUT2D eigenvalue weighted by Gasteiger charge is -2.26. The molecule has 1 unspecified atom stereocenters. The topological polar surface area (TPSA) is 44.8 Å². The molecule has 0 radical (unpaired) electrons. The summed E-state index contributed by atoms with van der Waals surface area (Å²) in [4.78, 5) is 12.0. The minimum absolute atomic E-state index is 0.274. The molecule has 1 fully saturated rings. The molecular formula is C17H24O4. The molecule has 1 heterocycles. The quantitative estimate of drug-likeness (QED) is 0.724. The first-order valence-electron chi connectivity index (χ1n) is 7.77. The lowest BCUT2D eigenvalue weighted by atomic mass is 10.1. The third-order valence-corrected chi connectivity index (χ3v) is 3.54. The van der Waals surface area contributed by atoms with Crippen molar-refractivity contribution in [3.8, 4) is 0 Å². The van der Waals surface area contributed by atoms with Crippen molar-refractivity contribution in [2.45, 2.75) is 51.4 Å². The van der Waals surface area contributed by atoms with Gasteiger partial charge in [-0.3, -0.25) is 0 Å². The van der Waals surface area contributed by atoms with Crippen LogP contribution in [0, 0.1) is 0 Å². The Hall–Kier alpha value is -1.39. The first-order chi connectivity index (χ1) is 10.3. The van der Waals surface area contributed by atoms with Gasteiger partial charge in [-0.05, 0) is 44.6 Å². The van der Waals surface area contributed by atoms with Gasteiger partial charge in [0.1, 0.15) is 0 Å². The molecule has 0 bridgehead atoms. The Labute approximate surface area is 126 Å². The summed E-state index contributed by atoms with van der Waals surface area (Å²) in [5, 5.41) is 0. The lowest BCUT2D eigenvalue weighted by Crippen LogP contribution is -2.34. The van der Waals surface area contributed by atoms with Crippen LogP contribution in [0.2, 0.25) is 0 Å². The van der Waals surface area contributed by atoms with Gasteiger partial charge in [0.25, 0.3) is 0 Å². The van der Waals surface area contributed by atoms with Crippen molar-refractivity contribution < 1.29 is 19.0 Å². The maximum atomic E-state index is 12.0. The summed E-state index contributed by atoms with van der Waals surface area (Å²) < 4.78 is 16.5. The molecular weight excluding hydrogens is 268 g/mol. The number of aryl methyl sites for hydroxylation is 1. The second-order valence-corrected chi connectivity index (χ2v) is 5.20. The van der Waals surface area contributed by atoms with Gasteiger partial charge in [-0.15, -0.1) is 0 Å². The van der Waals surface area contributed by atoms with Gasteiger partial charge in [-0.1, -0.05) is 30.3 Å². The summed E-state index contributed by atoms with van der Waals surface area (Å²) in [7, 11) is 0. The average Bonchev–Trinajstić information content (AvgIpc) is 2.53. The Morgan fingerprint density at radius 3 is 2.81 bits per heavy atom. The van der Waals surface area contributed by atoms with Crippen molar-refractivity contribution in [3.05, 3.63) is 35.9 Å². The third kappa shape index (κ3) is 5.48. The molecule has 0 saturated carbocycles. The number of hydrogen-bond acceptors (Lipinski definition) is 4. The van der Waals surface area contributed by atoms with Crippen LogP contribution in [0.1, 0.15) is 38.2 Å². The van der Waals surface area contributed by atoms with Gasteiger partial charge in [-0.2, -0.15) is 0 Å². The predicted octanol–water partition coefficient (Wildman–Crippen LogP) is 3.09. The Kier molecular flexibility index (Phi) is 6.70. The number of esters is 1. The van der Waals surface area contributed by atoms with E-state index >= 15 is 0 Å². The van der Waals surface area contributed by atoms with Crippen molar-refractivity contribution in [1.82, 2.24) is 0 Å². The summed E-state index contributed by atoms with van der Waals surface area (Å²) in [6.07, 6.45) is 3.57. The van der Waals surface area contributed by atoms with E-state index in [-0.39, 0.29) is 12.3 Å². The summed E-state index contributed by atoms with van der Waals surface area (Å²) in [5.74, 6) is -0.289. The van der Waals surface area contributed by atoms with Crippen LogP contribution in [0.15, 0.2) is 30.3 Å². The van der Waals surface area contributed by atoms with Crippen LogP contribution < -0.4 is 0 Å². The number of rotatable bonds is 7. The van der Waals surface area contributed by atoms with E-state index in [4.69, 9.17) is 14.2 Å². The van der Waals surface area contributed by atoms with E-state index in [0.717, 1.165) is 25.7 Å². The summed E-state index contributed by atoms with van der Waals surface area (Å²) >= 11 is 0. The highest BCUT2D eigenvalue weighted by atomic mass is 16.7. The van der Waals surface area contributed by atoms with E-state index in [1.165, 1.54) is 5.56 Å². The van der Waals surface area contributed by atoms with Crippen molar-refractivity contribution >= 4 is 5.97 Å². The Bertz CT molecular complexity index is 412. The van der Waals surface area contributed by atoms with E-state index in [2.05, 4.69) is 12.1 Å². The standard InChI is InChI=1S/C17H24O4/c1-2-19-17(18)15(21-16-10-6-7-13-20-16)12-11-14-8-4-3-5-9-14/h3-5,8-9,15-16H,2,6-7,10-13H2,1H3/t15?,16-/m0/s1. The Morgan fingerprint density at radius 1 is 1.33 bits per heavy atom. The fourth-order valence-corrected chi connectivity index (χ4v) is 2.42. The zero-order valence-electron chi connectivity index (χ0n) is 12.6. The monoisotopic (exact) mass is 292 g/mol. The highest BCUT2D eigenvalue weighted by Gasteiger charge is 2.26. The lowest BCUT2D eigenvalue weighted by molar-refractivity contribution is -0.204. The van der Waals surface area contributed by atoms with Gasteiger partial charge in [0.15, 0.2) is 12.4 Å². The van der Waals surface area contributed by atoms with Crippen LogP contribution >= 0.6 is 0 Å². The fraction of sp³-hybridized carbons (Fsp3) is 0.588. The zero-order chi connectivity index (χ0) is 14.9. The Morgan fingerprint density at radius 2 is 2.14 bits per heavy atom. The van der Waals surface area contributed by atoms with Crippen LogP contribution in [0.3, 0.4) is 0 Å². The molecule has 1 aromatic carbocycles. The van der Waals surface area contributed by atoms with Crippen LogP contribution in [-0.4, -0.2) is 31.6 Å². The van der Waals surface area contributed by atoms with Crippen LogP contribution in [0.4, 0.5) is 0 Å². The van der Waals surface area contributed by atoms with Crippen molar-refractivity contribution in [2.75, 3.05) is 13.2 Å². The summed E-state index contributed by atoms with van der Waals surface area (Å²) in [6, 6.07) is 10.1. The maximum absolute atomic E-state index is 12.0. The SMILES string of the molecule is CCOC(=O)C(CCc1ccccc1)O[C@H]1CCCCO1. The van der Waals surface area contributed by atoms with Gasteiger partial charge >= 0.3 is 5.97 Å². The van der Waals surface area contributed by atoms with Gasteiger partial charge in [0.05, 0.1) is 6.61 Å². The molecule has 1 aromatic rings. The van der Waals surface area contributed by atoms with E-state index in [1.54, 1.807) is 0 Å². The van der Waals surface area contributed by atoms with Crippen LogP contribution in [0.25, 0.3) is 0 Å². The molecule has 2 atom stereocenters. The summed E-state index contributed by atoms with van der Waals surface area (Å²) in [5.41, 5.74) is 1.19. The molecule has 0 N–H and O–H groups in total. The molecule has 1 aliphatic rings. The van der Waals surface area contributed by atoms with E-state index in [0.29, 0.717) is 19.6 Å². The van der Waals surface area contributed by atoms with Crippen molar-refractivity contribution in [3.63, 3.8) is 0 Å². The number of carbonyl (C=O) groups excluding carboxylic acids is 1. The largest absolute Gasteiger partial charge is 0.464 e. The van der Waals surface area contributed by atoms with Gasteiger partial charge in [0.2, 0.25) is 0 Å². The van der Waals surface area contributed by atoms with Crippen LogP contribution in [-0.2, 0) is 25.4 Å². The van der Waals surface area contributed by atoms with Crippen molar-refractivity contribution in [2.24, 2.45) is 0 Å². The normalized spacial score (nSPS) is 20.0. The molecule has 1 aliphatic heterocycles. The fourth-order valence-electron chi connectivity index (χ4n) is 2.42. The van der Waals surface area contributed by atoms with Gasteiger partial charge in [-0.25, -0.2) is 4.79 Å². The van der Waals surface area contributed by atoms with E-state index in [9.17, 15) is 4.79 Å². The molecule has 0 aromatic heterocycles.